The summed E-state index contributed by atoms with van der Waals surface area (Å²) in [7, 11) is 0. The van der Waals surface area contributed by atoms with Crippen LogP contribution in [0.3, 0.4) is 0 Å². The van der Waals surface area contributed by atoms with Crippen LogP contribution in [-0.2, 0) is 9.59 Å². The molecule has 2 aromatic rings. The lowest BCUT2D eigenvalue weighted by molar-refractivity contribution is -0.122. The molecule has 0 bridgehead atoms. The van der Waals surface area contributed by atoms with E-state index in [2.05, 4.69) is 10.6 Å². The highest BCUT2D eigenvalue weighted by molar-refractivity contribution is 6.31. The molecule has 1 aliphatic heterocycles. The summed E-state index contributed by atoms with van der Waals surface area (Å²) in [5.74, 6) is -1.06. The van der Waals surface area contributed by atoms with Crippen LogP contribution in [-0.4, -0.2) is 30.3 Å². The third-order valence-corrected chi connectivity index (χ3v) is 6.81. The fourth-order valence-electron chi connectivity index (χ4n) is 4.54. The first-order valence-corrected chi connectivity index (χ1v) is 11.6. The first-order valence-electron chi connectivity index (χ1n) is 11.2. The molecule has 1 aliphatic carbocycles. The summed E-state index contributed by atoms with van der Waals surface area (Å²) in [5, 5.41) is 6.57. The molecule has 0 spiro atoms. The normalized spacial score (nSPS) is 19.1. The second-order valence-corrected chi connectivity index (χ2v) is 9.04. The molecular weight excluding hydrogens is 426 g/mol. The van der Waals surface area contributed by atoms with Gasteiger partial charge in [0.15, 0.2) is 0 Å². The van der Waals surface area contributed by atoms with E-state index in [1.165, 1.54) is 6.42 Å². The van der Waals surface area contributed by atoms with Crippen molar-refractivity contribution in [2.24, 2.45) is 5.92 Å². The first kappa shape index (κ1) is 22.3. The number of carbonyl (C=O) groups excluding carboxylic acids is 3. The van der Waals surface area contributed by atoms with Gasteiger partial charge in [0.25, 0.3) is 5.91 Å². The van der Waals surface area contributed by atoms with Crippen LogP contribution in [0.1, 0.15) is 54.4 Å². The van der Waals surface area contributed by atoms with Crippen LogP contribution >= 0.6 is 11.6 Å². The minimum Gasteiger partial charge on any atom is -0.349 e. The van der Waals surface area contributed by atoms with Gasteiger partial charge in [-0.15, -0.1) is 0 Å². The van der Waals surface area contributed by atoms with Crippen molar-refractivity contribution in [3.8, 4) is 0 Å². The monoisotopic (exact) mass is 453 g/mol. The minimum atomic E-state index is -0.504. The van der Waals surface area contributed by atoms with Crippen molar-refractivity contribution < 1.29 is 14.4 Å². The van der Waals surface area contributed by atoms with E-state index >= 15 is 0 Å². The molecule has 0 unspecified atom stereocenters. The molecule has 3 amide bonds. The van der Waals surface area contributed by atoms with Gasteiger partial charge in [0.05, 0.1) is 17.2 Å². The zero-order chi connectivity index (χ0) is 22.7. The van der Waals surface area contributed by atoms with Gasteiger partial charge >= 0.3 is 0 Å². The van der Waals surface area contributed by atoms with Crippen LogP contribution in [0, 0.1) is 12.8 Å². The minimum absolute atomic E-state index is 0.112. The van der Waals surface area contributed by atoms with E-state index in [0.29, 0.717) is 16.3 Å². The third kappa shape index (κ3) is 4.80. The summed E-state index contributed by atoms with van der Waals surface area (Å²) in [4.78, 5) is 40.1. The van der Waals surface area contributed by atoms with Crippen molar-refractivity contribution in [3.05, 3.63) is 58.6 Å². The van der Waals surface area contributed by atoms with Crippen molar-refractivity contribution in [3.63, 3.8) is 0 Å². The summed E-state index contributed by atoms with van der Waals surface area (Å²) in [6, 6.07) is 12.6. The van der Waals surface area contributed by atoms with Crippen molar-refractivity contribution in [1.82, 2.24) is 5.32 Å². The number of benzene rings is 2. The predicted molar refractivity (Wildman–Crippen MR) is 126 cm³/mol. The Morgan fingerprint density at radius 2 is 1.78 bits per heavy atom. The number of rotatable bonds is 5. The molecule has 6 nitrogen and oxygen atoms in total. The average Bonchev–Trinajstić information content (AvgIpc) is 3.18. The van der Waals surface area contributed by atoms with Gasteiger partial charge in [-0.1, -0.05) is 49.1 Å². The molecule has 0 radical (unpaired) electrons. The zero-order valence-corrected chi connectivity index (χ0v) is 19.0. The Balaban J connectivity index is 1.45. The van der Waals surface area contributed by atoms with Crippen molar-refractivity contribution >= 4 is 40.7 Å². The second kappa shape index (κ2) is 9.74. The van der Waals surface area contributed by atoms with E-state index in [1.807, 2.05) is 13.0 Å². The SMILES string of the molecule is Cc1c(Cl)cccc1N1C[C@@H](C(=O)Nc2ccccc2C(=O)NC2CCCCC2)CC1=O. The zero-order valence-electron chi connectivity index (χ0n) is 18.2. The highest BCUT2D eigenvalue weighted by Gasteiger charge is 2.36. The number of hydrogen-bond donors (Lipinski definition) is 2. The first-order chi connectivity index (χ1) is 15.4. The smallest absolute Gasteiger partial charge is 0.253 e. The Morgan fingerprint density at radius 1 is 1.03 bits per heavy atom. The number of anilines is 2. The van der Waals surface area contributed by atoms with Crippen molar-refractivity contribution in [2.75, 3.05) is 16.8 Å². The summed E-state index contributed by atoms with van der Waals surface area (Å²) in [6.45, 7) is 2.14. The second-order valence-electron chi connectivity index (χ2n) is 8.63. The maximum absolute atomic E-state index is 13.0. The van der Waals surface area contributed by atoms with E-state index in [4.69, 9.17) is 11.6 Å². The summed E-state index contributed by atoms with van der Waals surface area (Å²) >= 11 is 6.21. The highest BCUT2D eigenvalue weighted by atomic mass is 35.5. The fraction of sp³-hybridized carbons (Fsp3) is 0.400. The number of nitrogens with one attached hydrogen (secondary N) is 2. The van der Waals surface area contributed by atoms with Crippen LogP contribution in [0.15, 0.2) is 42.5 Å². The molecule has 32 heavy (non-hydrogen) atoms. The summed E-state index contributed by atoms with van der Waals surface area (Å²) in [5.41, 5.74) is 2.45. The molecule has 2 N–H and O–H groups in total. The molecule has 2 fully saturated rings. The largest absolute Gasteiger partial charge is 0.349 e. The van der Waals surface area contributed by atoms with Crippen LogP contribution in [0.2, 0.25) is 5.02 Å². The predicted octanol–water partition coefficient (Wildman–Crippen LogP) is 4.70. The molecule has 4 rings (SSSR count). The van der Waals surface area contributed by atoms with E-state index in [0.717, 1.165) is 36.9 Å². The maximum atomic E-state index is 13.0. The number of halogens is 1. The Morgan fingerprint density at radius 3 is 2.56 bits per heavy atom. The Labute approximate surface area is 193 Å². The van der Waals surface area contributed by atoms with E-state index < -0.39 is 5.92 Å². The van der Waals surface area contributed by atoms with Crippen molar-refractivity contribution in [2.45, 2.75) is 51.5 Å². The van der Waals surface area contributed by atoms with Gasteiger partial charge in [-0.25, -0.2) is 0 Å². The van der Waals surface area contributed by atoms with Gasteiger partial charge < -0.3 is 15.5 Å². The van der Waals surface area contributed by atoms with Gasteiger partial charge in [-0.2, -0.15) is 0 Å². The van der Waals surface area contributed by atoms with Gasteiger partial charge in [-0.05, 0) is 49.6 Å². The molecule has 1 heterocycles. The Bertz CT molecular complexity index is 1030. The molecule has 7 heteroatoms. The molecule has 2 aliphatic rings. The van der Waals surface area contributed by atoms with Gasteiger partial charge in [0.2, 0.25) is 11.8 Å². The number of amides is 3. The molecular formula is C25H28ClN3O3. The van der Waals surface area contributed by atoms with Gasteiger partial charge in [-0.3, -0.25) is 14.4 Å². The van der Waals surface area contributed by atoms with Crippen LogP contribution in [0.4, 0.5) is 11.4 Å². The van der Waals surface area contributed by atoms with E-state index in [-0.39, 0.29) is 36.7 Å². The van der Waals surface area contributed by atoms with Crippen molar-refractivity contribution in [1.29, 1.82) is 0 Å². The quantitative estimate of drug-likeness (QED) is 0.688. The standard InChI is InChI=1S/C25H28ClN3O3/c1-16-20(26)11-7-13-22(16)29-15-17(14-23(29)30)24(31)28-21-12-6-5-10-19(21)25(32)27-18-8-3-2-4-9-18/h5-7,10-13,17-18H,2-4,8-9,14-15H2,1H3,(H,27,32)(H,28,31)/t17-/m0/s1. The number of hydrogen-bond acceptors (Lipinski definition) is 3. The van der Waals surface area contributed by atoms with E-state index in [9.17, 15) is 14.4 Å². The lowest BCUT2D eigenvalue weighted by Crippen LogP contribution is -2.36. The molecule has 1 saturated carbocycles. The van der Waals surface area contributed by atoms with E-state index in [1.54, 1.807) is 41.3 Å². The number of nitrogens with zero attached hydrogens (tertiary/aromatic N) is 1. The lowest BCUT2D eigenvalue weighted by atomic mass is 9.95. The van der Waals surface area contributed by atoms with Crippen LogP contribution < -0.4 is 15.5 Å². The lowest BCUT2D eigenvalue weighted by Gasteiger charge is -2.23. The summed E-state index contributed by atoms with van der Waals surface area (Å²) in [6.07, 6.45) is 5.56. The average molecular weight is 454 g/mol. The Hall–Kier alpha value is -2.86. The van der Waals surface area contributed by atoms with Crippen LogP contribution in [0.25, 0.3) is 0 Å². The van der Waals surface area contributed by atoms with Crippen LogP contribution in [0.5, 0.6) is 0 Å². The third-order valence-electron chi connectivity index (χ3n) is 6.40. The molecule has 168 valence electrons. The maximum Gasteiger partial charge on any atom is 0.253 e. The molecule has 1 saturated heterocycles. The Kier molecular flexibility index (Phi) is 6.80. The topological polar surface area (TPSA) is 78.5 Å². The van der Waals surface area contributed by atoms with Gasteiger partial charge in [0.1, 0.15) is 0 Å². The fourth-order valence-corrected chi connectivity index (χ4v) is 4.71. The van der Waals surface area contributed by atoms with Gasteiger partial charge in [0, 0.05) is 29.7 Å². The molecule has 1 atom stereocenters. The summed E-state index contributed by atoms with van der Waals surface area (Å²) < 4.78 is 0. The molecule has 0 aromatic heterocycles. The molecule has 2 aromatic carbocycles. The highest BCUT2D eigenvalue weighted by Crippen LogP contribution is 2.32. The number of carbonyl (C=O) groups is 3. The number of para-hydroxylation sites is 1.